The van der Waals surface area contributed by atoms with Gasteiger partial charge in [0.15, 0.2) is 0 Å². The first-order chi connectivity index (χ1) is 7.62. The van der Waals surface area contributed by atoms with E-state index in [0.29, 0.717) is 11.8 Å². The Hall–Kier alpha value is 0.103. The first kappa shape index (κ1) is 22.3. The van der Waals surface area contributed by atoms with Crippen LogP contribution in [0, 0.1) is 25.7 Å². The van der Waals surface area contributed by atoms with Crippen molar-refractivity contribution in [2.24, 2.45) is 11.8 Å². The monoisotopic (exact) mass is 286 g/mol. The molecule has 96 valence electrons. The zero-order valence-corrected chi connectivity index (χ0v) is 15.4. The van der Waals surface area contributed by atoms with Crippen molar-refractivity contribution in [3.63, 3.8) is 0 Å². The molecule has 0 N–H and O–H groups in total. The maximum Gasteiger partial charge on any atom is 2.00 e. The maximum atomic E-state index is 3.94. The molecule has 0 saturated carbocycles. The van der Waals surface area contributed by atoms with Gasteiger partial charge in [-0.15, -0.1) is 0 Å². The van der Waals surface area contributed by atoms with Gasteiger partial charge < -0.3 is 13.8 Å². The van der Waals surface area contributed by atoms with Crippen molar-refractivity contribution >= 4 is 0 Å². The smallest absolute Gasteiger partial charge is 0.340 e. The Morgan fingerprint density at radius 3 is 1.29 bits per heavy atom. The number of rotatable bonds is 6. The summed E-state index contributed by atoms with van der Waals surface area (Å²) in [5, 5.41) is 0. The quantitative estimate of drug-likeness (QED) is 0.338. The van der Waals surface area contributed by atoms with E-state index < -0.39 is 0 Å². The molecule has 0 nitrogen and oxygen atoms in total. The first-order valence-corrected chi connectivity index (χ1v) is 6.50. The van der Waals surface area contributed by atoms with Crippen LogP contribution in [0.15, 0.2) is 24.3 Å². The fourth-order valence-electron chi connectivity index (χ4n) is 0.990. The molecule has 0 aromatic rings. The van der Waals surface area contributed by atoms with Crippen molar-refractivity contribution in [3.05, 3.63) is 38.2 Å². The zero-order valence-electron chi connectivity index (χ0n) is 12.4. The maximum absolute atomic E-state index is 3.94. The third kappa shape index (κ3) is 21.9. The number of allylic oxidation sites excluding steroid dienone is 4. The average Bonchev–Trinajstić information content (AvgIpc) is 2.33. The molecule has 0 spiro atoms. The van der Waals surface area contributed by atoms with Crippen LogP contribution in [0.3, 0.4) is 0 Å². The van der Waals surface area contributed by atoms with Gasteiger partial charge in [0.1, 0.15) is 0 Å². The molecule has 0 aliphatic heterocycles. The summed E-state index contributed by atoms with van der Waals surface area (Å²) in [6.45, 7) is 16.3. The molecule has 0 aliphatic carbocycles. The van der Waals surface area contributed by atoms with Gasteiger partial charge in [0.05, 0.1) is 0 Å². The molecule has 0 heterocycles. The first-order valence-electron chi connectivity index (χ1n) is 6.50. The van der Waals surface area contributed by atoms with E-state index >= 15 is 0 Å². The minimum Gasteiger partial charge on any atom is -0.340 e. The van der Waals surface area contributed by atoms with Gasteiger partial charge in [-0.25, -0.2) is 0 Å². The largest absolute Gasteiger partial charge is 2.00 e. The van der Waals surface area contributed by atoms with Gasteiger partial charge >= 0.3 is 19.5 Å². The van der Waals surface area contributed by atoms with Crippen LogP contribution in [0.4, 0.5) is 0 Å². The van der Waals surface area contributed by atoms with Gasteiger partial charge in [0.25, 0.3) is 0 Å². The summed E-state index contributed by atoms with van der Waals surface area (Å²) < 4.78 is 0. The average molecular weight is 288 g/mol. The van der Waals surface area contributed by atoms with Crippen LogP contribution in [-0.2, 0) is 19.5 Å². The van der Waals surface area contributed by atoms with Crippen LogP contribution in [0.2, 0.25) is 0 Å². The summed E-state index contributed by atoms with van der Waals surface area (Å²) in [6.07, 6.45) is 13.1. The zero-order chi connectivity index (χ0) is 12.8. The predicted octanol–water partition coefficient (Wildman–Crippen LogP) is 5.62. The van der Waals surface area contributed by atoms with Crippen LogP contribution < -0.4 is 0 Å². The van der Waals surface area contributed by atoms with E-state index in [9.17, 15) is 0 Å². The Morgan fingerprint density at radius 1 is 0.824 bits per heavy atom. The summed E-state index contributed by atoms with van der Waals surface area (Å²) in [7, 11) is 0. The molecule has 0 aromatic carbocycles. The van der Waals surface area contributed by atoms with E-state index in [0.717, 1.165) is 12.8 Å². The van der Waals surface area contributed by atoms with Crippen molar-refractivity contribution < 1.29 is 19.5 Å². The third-order valence-corrected chi connectivity index (χ3v) is 2.56. The molecular formula is C16H30Zn. The number of hydrogen-bond donors (Lipinski definition) is 0. The predicted molar refractivity (Wildman–Crippen MR) is 77.1 cm³/mol. The van der Waals surface area contributed by atoms with Crippen LogP contribution >= 0.6 is 0 Å². The van der Waals surface area contributed by atoms with E-state index in [1.807, 2.05) is 13.8 Å². The van der Waals surface area contributed by atoms with E-state index in [1.54, 1.807) is 0 Å². The van der Waals surface area contributed by atoms with Gasteiger partial charge in [-0.2, -0.15) is 11.8 Å². The molecule has 0 saturated heterocycles. The normalized spacial score (nSPS) is 14.0. The van der Waals surface area contributed by atoms with Crippen molar-refractivity contribution in [2.45, 2.75) is 53.4 Å². The molecule has 0 unspecified atom stereocenters. The standard InChI is InChI=1S/2C8H15.Zn/c2*1-4-6-7-8(3)5-2;/h2*4,6,8H,3,5,7H2,1-2H3;/q2*-1;+2/t2*8-;/m00./s1. The second-order valence-electron chi connectivity index (χ2n) is 4.16. The number of hydrogen-bond acceptors (Lipinski definition) is 0. The second kappa shape index (κ2) is 18.5. The molecular weight excluding hydrogens is 258 g/mol. The molecule has 0 aliphatic rings. The topological polar surface area (TPSA) is 0 Å². The summed E-state index contributed by atoms with van der Waals surface area (Å²) in [5.41, 5.74) is 0. The molecule has 1 heteroatoms. The van der Waals surface area contributed by atoms with Crippen molar-refractivity contribution in [1.29, 1.82) is 0 Å². The van der Waals surface area contributed by atoms with Crippen LogP contribution in [0.25, 0.3) is 0 Å². The minimum absolute atomic E-state index is 0. The van der Waals surface area contributed by atoms with E-state index in [2.05, 4.69) is 52.0 Å². The Bertz CT molecular complexity index is 150. The molecule has 0 radical (unpaired) electrons. The summed E-state index contributed by atoms with van der Waals surface area (Å²) >= 11 is 0. The van der Waals surface area contributed by atoms with Gasteiger partial charge in [-0.1, -0.05) is 63.8 Å². The fourth-order valence-corrected chi connectivity index (χ4v) is 0.990. The summed E-state index contributed by atoms with van der Waals surface area (Å²) in [5.74, 6) is 1.23. The molecule has 2 atom stereocenters. The van der Waals surface area contributed by atoms with Crippen LogP contribution in [0.5, 0.6) is 0 Å². The SMILES string of the molecule is [CH2-][C@@H](CC)CC=CC.[CH2-][C@@H](CC)CC=CC.[Zn+2]. The van der Waals surface area contributed by atoms with E-state index in [-0.39, 0.29) is 19.5 Å². The van der Waals surface area contributed by atoms with E-state index in [4.69, 9.17) is 0 Å². The minimum atomic E-state index is 0. The van der Waals surface area contributed by atoms with Crippen LogP contribution in [0.1, 0.15) is 53.4 Å². The van der Waals surface area contributed by atoms with Gasteiger partial charge in [0.2, 0.25) is 0 Å². The van der Waals surface area contributed by atoms with Crippen molar-refractivity contribution in [2.75, 3.05) is 0 Å². The third-order valence-electron chi connectivity index (χ3n) is 2.56. The van der Waals surface area contributed by atoms with Gasteiger partial charge in [0, 0.05) is 0 Å². The summed E-state index contributed by atoms with van der Waals surface area (Å²) in [4.78, 5) is 0. The van der Waals surface area contributed by atoms with Gasteiger partial charge in [-0.05, 0) is 13.8 Å². The molecule has 0 rings (SSSR count). The Morgan fingerprint density at radius 2 is 1.12 bits per heavy atom. The fraction of sp³-hybridized carbons (Fsp3) is 0.625. The molecule has 0 amide bonds. The van der Waals surface area contributed by atoms with Crippen LogP contribution in [-0.4, -0.2) is 0 Å². The molecule has 0 fully saturated rings. The van der Waals surface area contributed by atoms with E-state index in [1.165, 1.54) is 12.8 Å². The molecule has 0 bridgehead atoms. The molecule has 0 aromatic heterocycles. The summed E-state index contributed by atoms with van der Waals surface area (Å²) in [6, 6.07) is 0. The van der Waals surface area contributed by atoms with Crippen molar-refractivity contribution in [3.8, 4) is 0 Å². The Kier molecular flexibility index (Phi) is 24.2. The Balaban J connectivity index is -0.000000218. The van der Waals surface area contributed by atoms with Crippen molar-refractivity contribution in [1.82, 2.24) is 0 Å². The molecule has 17 heavy (non-hydrogen) atoms. The second-order valence-corrected chi connectivity index (χ2v) is 4.16. The Labute approximate surface area is 123 Å². The van der Waals surface area contributed by atoms with Gasteiger partial charge in [-0.3, -0.25) is 0 Å².